The van der Waals surface area contributed by atoms with E-state index >= 15 is 0 Å². The Morgan fingerprint density at radius 3 is 1.89 bits per heavy atom. The molecule has 1 aliphatic heterocycles. The van der Waals surface area contributed by atoms with E-state index in [0.29, 0.717) is 6.61 Å². The van der Waals surface area contributed by atoms with Crippen LogP contribution in [0.25, 0.3) is 0 Å². The van der Waals surface area contributed by atoms with Crippen molar-refractivity contribution in [3.8, 4) is 0 Å². The normalized spacial score (nSPS) is 19.3. The Kier molecular flexibility index (Phi) is 6.82. The van der Waals surface area contributed by atoms with Crippen molar-refractivity contribution in [2.75, 3.05) is 13.2 Å². The lowest BCUT2D eigenvalue weighted by Crippen LogP contribution is -2.24. The lowest BCUT2D eigenvalue weighted by atomic mass is 10.2. The molecule has 0 unspecified atom stereocenters. The van der Waals surface area contributed by atoms with Crippen molar-refractivity contribution in [3.63, 3.8) is 0 Å². The highest BCUT2D eigenvalue weighted by Gasteiger charge is 2.36. The molecule has 0 radical (unpaired) electrons. The van der Waals surface area contributed by atoms with Gasteiger partial charge >= 0.3 is 7.82 Å². The molecule has 0 amide bonds. The highest BCUT2D eigenvalue weighted by Crippen LogP contribution is 2.51. The second-order valence-electron chi connectivity index (χ2n) is 6.71. The first kappa shape index (κ1) is 20.2. The summed E-state index contributed by atoms with van der Waals surface area (Å²) in [4.78, 5) is 0. The number of benzene rings is 2. The molecule has 0 saturated carbocycles. The molecule has 3 rings (SSSR count). The monoisotopic (exact) mass is 392 g/mol. The zero-order valence-electron chi connectivity index (χ0n) is 15.6. The molecule has 0 N–H and O–H groups in total. The smallest absolute Gasteiger partial charge is 0.348 e. The van der Waals surface area contributed by atoms with E-state index in [-0.39, 0.29) is 25.9 Å². The Labute approximate surface area is 160 Å². The molecule has 1 atom stereocenters. The van der Waals surface area contributed by atoms with E-state index in [4.69, 9.17) is 23.0 Å². The predicted molar refractivity (Wildman–Crippen MR) is 101 cm³/mol. The lowest BCUT2D eigenvalue weighted by molar-refractivity contribution is -0.142. The molecule has 1 saturated heterocycles. The molecule has 6 nitrogen and oxygen atoms in total. The SMILES string of the molecule is CC1(C)OC[C@@H](COP(=O)(OCc2ccccc2)OCc2ccccc2)O1. The molecule has 1 fully saturated rings. The Bertz CT molecular complexity index is 702. The molecule has 27 heavy (non-hydrogen) atoms. The molecule has 2 aromatic rings. The van der Waals surface area contributed by atoms with Crippen LogP contribution in [0.5, 0.6) is 0 Å². The van der Waals surface area contributed by atoms with Crippen LogP contribution in [0.3, 0.4) is 0 Å². The highest BCUT2D eigenvalue weighted by atomic mass is 31.2. The first-order valence-corrected chi connectivity index (χ1v) is 10.3. The lowest BCUT2D eigenvalue weighted by Gasteiger charge is -2.21. The van der Waals surface area contributed by atoms with E-state index in [9.17, 15) is 4.57 Å². The molecule has 1 heterocycles. The van der Waals surface area contributed by atoms with Crippen molar-refractivity contribution < 1.29 is 27.6 Å². The maximum atomic E-state index is 13.1. The summed E-state index contributed by atoms with van der Waals surface area (Å²) in [5.74, 6) is -0.673. The third-order valence-electron chi connectivity index (χ3n) is 3.95. The van der Waals surface area contributed by atoms with Gasteiger partial charge in [0.05, 0.1) is 26.4 Å². The molecule has 0 spiro atoms. The second-order valence-corrected chi connectivity index (χ2v) is 8.38. The fourth-order valence-corrected chi connectivity index (χ4v) is 3.77. The van der Waals surface area contributed by atoms with Gasteiger partial charge in [-0.05, 0) is 25.0 Å². The van der Waals surface area contributed by atoms with E-state index < -0.39 is 13.6 Å². The molecule has 7 heteroatoms. The maximum Gasteiger partial charge on any atom is 0.475 e. The molecular formula is C20H25O6P. The van der Waals surface area contributed by atoms with Crippen LogP contribution >= 0.6 is 7.82 Å². The third-order valence-corrected chi connectivity index (χ3v) is 5.31. The van der Waals surface area contributed by atoms with Crippen LogP contribution in [0.15, 0.2) is 60.7 Å². The molecule has 0 bridgehead atoms. The van der Waals surface area contributed by atoms with Crippen LogP contribution in [0.1, 0.15) is 25.0 Å². The summed E-state index contributed by atoms with van der Waals surface area (Å²) in [6.45, 7) is 4.32. The van der Waals surface area contributed by atoms with Gasteiger partial charge in [-0.3, -0.25) is 13.6 Å². The van der Waals surface area contributed by atoms with Crippen molar-refractivity contribution in [3.05, 3.63) is 71.8 Å². The van der Waals surface area contributed by atoms with E-state index in [0.717, 1.165) is 11.1 Å². The Morgan fingerprint density at radius 1 is 0.926 bits per heavy atom. The van der Waals surface area contributed by atoms with Gasteiger partial charge in [0.2, 0.25) is 0 Å². The summed E-state index contributed by atoms with van der Waals surface area (Å²) < 4.78 is 41.0. The second kappa shape index (κ2) is 9.11. The van der Waals surface area contributed by atoms with Gasteiger partial charge in [0.15, 0.2) is 5.79 Å². The summed E-state index contributed by atoms with van der Waals surface area (Å²) >= 11 is 0. The van der Waals surface area contributed by atoms with E-state index in [1.165, 1.54) is 0 Å². The van der Waals surface area contributed by atoms with Crippen LogP contribution in [0.2, 0.25) is 0 Å². The zero-order valence-corrected chi connectivity index (χ0v) is 16.5. The van der Waals surface area contributed by atoms with E-state index in [1.54, 1.807) is 0 Å². The quantitative estimate of drug-likeness (QED) is 0.577. The van der Waals surface area contributed by atoms with Crippen LogP contribution in [0.4, 0.5) is 0 Å². The van der Waals surface area contributed by atoms with Crippen molar-refractivity contribution in [1.82, 2.24) is 0 Å². The Balaban J connectivity index is 1.60. The van der Waals surface area contributed by atoms with E-state index in [1.807, 2.05) is 74.5 Å². The molecular weight excluding hydrogens is 367 g/mol. The minimum absolute atomic E-state index is 0.0598. The van der Waals surface area contributed by atoms with Crippen molar-refractivity contribution >= 4 is 7.82 Å². The summed E-state index contributed by atoms with van der Waals surface area (Å²) in [7, 11) is -3.78. The Morgan fingerprint density at radius 2 is 1.44 bits per heavy atom. The summed E-state index contributed by atoms with van der Waals surface area (Å²) in [6, 6.07) is 18.9. The van der Waals surface area contributed by atoms with Crippen LogP contribution in [-0.4, -0.2) is 25.1 Å². The summed E-state index contributed by atoms with van der Waals surface area (Å²) in [5, 5.41) is 0. The van der Waals surface area contributed by atoms with Crippen LogP contribution in [-0.2, 0) is 40.8 Å². The number of phosphoric acid groups is 1. The molecule has 0 aromatic heterocycles. The third kappa shape index (κ3) is 6.54. The van der Waals surface area contributed by atoms with Gasteiger partial charge in [-0.15, -0.1) is 0 Å². The number of phosphoric ester groups is 1. The summed E-state index contributed by atoms with van der Waals surface area (Å²) in [5.41, 5.74) is 1.76. The van der Waals surface area contributed by atoms with Crippen molar-refractivity contribution in [2.24, 2.45) is 0 Å². The van der Waals surface area contributed by atoms with Crippen LogP contribution in [0, 0.1) is 0 Å². The maximum absolute atomic E-state index is 13.1. The van der Waals surface area contributed by atoms with Gasteiger partial charge in [0, 0.05) is 0 Å². The molecule has 0 aliphatic carbocycles. The first-order chi connectivity index (χ1) is 12.9. The van der Waals surface area contributed by atoms with E-state index in [2.05, 4.69) is 0 Å². The average Bonchev–Trinajstić information content (AvgIpc) is 3.04. The van der Waals surface area contributed by atoms with Gasteiger partial charge in [0.1, 0.15) is 6.10 Å². The topological polar surface area (TPSA) is 63.2 Å². The van der Waals surface area contributed by atoms with Gasteiger partial charge in [-0.25, -0.2) is 4.57 Å². The zero-order chi connectivity index (χ0) is 19.2. The average molecular weight is 392 g/mol. The van der Waals surface area contributed by atoms with Gasteiger partial charge < -0.3 is 9.47 Å². The number of hydrogen-bond donors (Lipinski definition) is 0. The summed E-state index contributed by atoms with van der Waals surface area (Å²) in [6.07, 6.45) is -0.325. The molecule has 2 aromatic carbocycles. The number of ether oxygens (including phenoxy) is 2. The minimum Gasteiger partial charge on any atom is -0.348 e. The fourth-order valence-electron chi connectivity index (χ4n) is 2.59. The predicted octanol–water partition coefficient (Wildman–Crippen LogP) is 4.70. The van der Waals surface area contributed by atoms with Crippen LogP contribution < -0.4 is 0 Å². The van der Waals surface area contributed by atoms with Crippen molar-refractivity contribution in [1.29, 1.82) is 0 Å². The standard InChI is InChI=1S/C20H25O6P/c1-20(2)22-15-19(26-20)16-25-27(21,23-13-17-9-5-3-6-10-17)24-14-18-11-7-4-8-12-18/h3-12,19H,13-16H2,1-2H3/t19-/m0/s1. The minimum atomic E-state index is -3.78. The van der Waals surface area contributed by atoms with Gasteiger partial charge in [0.25, 0.3) is 0 Å². The Hall–Kier alpha value is -1.53. The van der Waals surface area contributed by atoms with Crippen molar-refractivity contribution in [2.45, 2.75) is 39.0 Å². The largest absolute Gasteiger partial charge is 0.475 e. The fraction of sp³-hybridized carbons (Fsp3) is 0.400. The highest BCUT2D eigenvalue weighted by molar-refractivity contribution is 7.48. The molecule has 1 aliphatic rings. The van der Waals surface area contributed by atoms with Gasteiger partial charge in [-0.2, -0.15) is 0 Å². The van der Waals surface area contributed by atoms with Gasteiger partial charge in [-0.1, -0.05) is 60.7 Å². The number of rotatable bonds is 9. The molecule has 146 valence electrons. The number of hydrogen-bond acceptors (Lipinski definition) is 6. The first-order valence-electron chi connectivity index (χ1n) is 8.87.